The summed E-state index contributed by atoms with van der Waals surface area (Å²) < 4.78 is 0. The quantitative estimate of drug-likeness (QED) is 0.726. The van der Waals surface area contributed by atoms with Crippen molar-refractivity contribution in [1.29, 1.82) is 0 Å². The van der Waals surface area contributed by atoms with E-state index in [9.17, 15) is 4.89 Å². The smallest absolute Gasteiger partial charge is 0.117 e. The van der Waals surface area contributed by atoms with Crippen LogP contribution in [0.4, 0.5) is 0 Å². The molecule has 1 unspecified atom stereocenters. The Morgan fingerprint density at radius 1 is 1.25 bits per heavy atom. The normalized spacial score (nSPS) is 16.9. The second-order valence-corrected chi connectivity index (χ2v) is 11.2. The van der Waals surface area contributed by atoms with Gasteiger partial charge in [0, 0.05) is 11.9 Å². The van der Waals surface area contributed by atoms with E-state index in [1.54, 1.807) is 11.4 Å². The van der Waals surface area contributed by atoms with Crippen LogP contribution < -0.4 is 0 Å². The minimum atomic E-state index is -2.05. The second-order valence-electron chi connectivity index (χ2n) is 3.90. The SMILES string of the molecule is CC(C)CSP(O)(=S)CC(C)C. The van der Waals surface area contributed by atoms with Gasteiger partial charge < -0.3 is 4.89 Å². The average molecular weight is 226 g/mol. The van der Waals surface area contributed by atoms with E-state index in [1.807, 2.05) is 0 Å². The maximum absolute atomic E-state index is 9.82. The van der Waals surface area contributed by atoms with Crippen LogP contribution in [0.1, 0.15) is 27.7 Å². The van der Waals surface area contributed by atoms with Gasteiger partial charge >= 0.3 is 0 Å². The van der Waals surface area contributed by atoms with E-state index in [0.29, 0.717) is 11.8 Å². The first-order valence-corrected chi connectivity index (χ1v) is 8.83. The first kappa shape index (κ1) is 13.0. The van der Waals surface area contributed by atoms with Gasteiger partial charge in [-0.2, -0.15) is 0 Å². The second kappa shape index (κ2) is 5.64. The minimum Gasteiger partial charge on any atom is -0.357 e. The molecule has 12 heavy (non-hydrogen) atoms. The van der Waals surface area contributed by atoms with Crippen molar-refractivity contribution in [1.82, 2.24) is 0 Å². The van der Waals surface area contributed by atoms with Crippen molar-refractivity contribution in [3.8, 4) is 0 Å². The van der Waals surface area contributed by atoms with Crippen LogP contribution in [-0.2, 0) is 11.8 Å². The summed E-state index contributed by atoms with van der Waals surface area (Å²) in [5.74, 6) is 2.12. The van der Waals surface area contributed by atoms with Crippen LogP contribution in [0.2, 0.25) is 0 Å². The molecule has 0 fully saturated rings. The summed E-state index contributed by atoms with van der Waals surface area (Å²) in [6.45, 7) is 8.51. The predicted molar refractivity (Wildman–Crippen MR) is 63.5 cm³/mol. The Balaban J connectivity index is 3.80. The third-order valence-electron chi connectivity index (χ3n) is 1.21. The molecule has 1 nitrogen and oxygen atoms in total. The van der Waals surface area contributed by atoms with Gasteiger partial charge in [-0.3, -0.25) is 0 Å². The molecule has 0 aromatic carbocycles. The molecule has 0 spiro atoms. The van der Waals surface area contributed by atoms with Crippen molar-refractivity contribution in [3.05, 3.63) is 0 Å². The van der Waals surface area contributed by atoms with Crippen molar-refractivity contribution in [2.75, 3.05) is 11.9 Å². The summed E-state index contributed by atoms with van der Waals surface area (Å²) in [7, 11) is 0. The molecule has 0 aliphatic carbocycles. The van der Waals surface area contributed by atoms with Crippen LogP contribution in [0.15, 0.2) is 0 Å². The maximum Gasteiger partial charge on any atom is 0.117 e. The van der Waals surface area contributed by atoms with Crippen LogP contribution in [-0.4, -0.2) is 16.8 Å². The van der Waals surface area contributed by atoms with Crippen LogP contribution in [0.25, 0.3) is 0 Å². The van der Waals surface area contributed by atoms with E-state index in [1.165, 1.54) is 0 Å². The zero-order valence-corrected chi connectivity index (χ0v) is 10.8. The lowest BCUT2D eigenvalue weighted by molar-refractivity contribution is 0.617. The summed E-state index contributed by atoms with van der Waals surface area (Å²) in [5, 5.41) is 0. The standard InChI is InChI=1S/C8H19OPS2/c1-7(2)5-10(9,11)12-6-8(3)4/h7-8H,5-6H2,1-4H3,(H,9,11). The molecule has 0 aliphatic heterocycles. The molecule has 74 valence electrons. The summed E-state index contributed by atoms with van der Waals surface area (Å²) >= 11 is 6.76. The lowest BCUT2D eigenvalue weighted by Crippen LogP contribution is -1.97. The highest BCUT2D eigenvalue weighted by Crippen LogP contribution is 2.56. The highest BCUT2D eigenvalue weighted by atomic mass is 32.9. The van der Waals surface area contributed by atoms with Gasteiger partial charge in [0.25, 0.3) is 0 Å². The molecule has 0 saturated carbocycles. The van der Waals surface area contributed by atoms with Gasteiger partial charge in [0.1, 0.15) is 5.47 Å². The van der Waals surface area contributed by atoms with Crippen LogP contribution in [0.3, 0.4) is 0 Å². The molecule has 0 heterocycles. The molecule has 0 rings (SSSR count). The lowest BCUT2D eigenvalue weighted by atomic mass is 10.3. The van der Waals surface area contributed by atoms with Crippen molar-refractivity contribution in [2.45, 2.75) is 27.7 Å². The van der Waals surface area contributed by atoms with Crippen molar-refractivity contribution < 1.29 is 4.89 Å². The largest absolute Gasteiger partial charge is 0.357 e. The van der Waals surface area contributed by atoms with Gasteiger partial charge in [-0.05, 0) is 11.8 Å². The Morgan fingerprint density at radius 2 is 1.75 bits per heavy atom. The Labute approximate surface area is 85.2 Å². The molecule has 1 N–H and O–H groups in total. The first-order valence-electron chi connectivity index (χ1n) is 4.30. The summed E-state index contributed by atoms with van der Waals surface area (Å²) in [6.07, 6.45) is 0.805. The predicted octanol–water partition coefficient (Wildman–Crippen LogP) is 3.33. The maximum atomic E-state index is 9.82. The molecule has 4 heteroatoms. The molecular formula is C8H19OPS2. The van der Waals surface area contributed by atoms with Gasteiger partial charge in [-0.1, -0.05) is 50.9 Å². The monoisotopic (exact) mass is 226 g/mol. The van der Waals surface area contributed by atoms with Gasteiger partial charge in [-0.15, -0.1) is 0 Å². The van der Waals surface area contributed by atoms with E-state index >= 15 is 0 Å². The zero-order chi connectivity index (χ0) is 9.78. The van der Waals surface area contributed by atoms with Gasteiger partial charge in [-0.25, -0.2) is 0 Å². The van der Waals surface area contributed by atoms with Crippen LogP contribution in [0, 0.1) is 11.8 Å². The summed E-state index contributed by atoms with van der Waals surface area (Å²) in [6, 6.07) is 0. The molecule has 0 bridgehead atoms. The molecule has 0 aliphatic rings. The number of hydrogen-bond acceptors (Lipinski definition) is 2. The molecule has 0 saturated heterocycles. The fourth-order valence-electron chi connectivity index (χ4n) is 0.780. The first-order chi connectivity index (χ1) is 5.33. The summed E-state index contributed by atoms with van der Waals surface area (Å²) in [5.41, 5.74) is -2.05. The van der Waals surface area contributed by atoms with E-state index < -0.39 is 5.47 Å². The van der Waals surface area contributed by atoms with Crippen molar-refractivity contribution >= 4 is 28.7 Å². The highest BCUT2D eigenvalue weighted by molar-refractivity contribution is 8.69. The van der Waals surface area contributed by atoms with Gasteiger partial charge in [0.05, 0.1) is 0 Å². The fourth-order valence-corrected chi connectivity index (χ4v) is 6.59. The minimum absolute atomic E-state index is 0.514. The van der Waals surface area contributed by atoms with E-state index in [-0.39, 0.29) is 0 Å². The van der Waals surface area contributed by atoms with Crippen molar-refractivity contribution in [3.63, 3.8) is 0 Å². The topological polar surface area (TPSA) is 20.2 Å². The molecule has 1 atom stereocenters. The Bertz CT molecular complexity index is 168. The van der Waals surface area contributed by atoms with Crippen molar-refractivity contribution in [2.24, 2.45) is 11.8 Å². The van der Waals surface area contributed by atoms with E-state index in [2.05, 4.69) is 27.7 Å². The zero-order valence-electron chi connectivity index (χ0n) is 8.28. The van der Waals surface area contributed by atoms with Crippen LogP contribution in [0.5, 0.6) is 0 Å². The van der Waals surface area contributed by atoms with Gasteiger partial charge in [0.15, 0.2) is 0 Å². The summed E-state index contributed by atoms with van der Waals surface area (Å²) in [4.78, 5) is 9.82. The lowest BCUT2D eigenvalue weighted by Gasteiger charge is -2.17. The number of rotatable bonds is 5. The third kappa shape index (κ3) is 7.60. The van der Waals surface area contributed by atoms with Crippen LogP contribution >= 0.6 is 16.8 Å². The molecule has 0 amide bonds. The Hall–Kier alpha value is 0.960. The third-order valence-corrected chi connectivity index (χ3v) is 7.12. The van der Waals surface area contributed by atoms with E-state index in [4.69, 9.17) is 11.8 Å². The Kier molecular flexibility index (Phi) is 6.09. The average Bonchev–Trinajstić information content (AvgIpc) is 1.81. The van der Waals surface area contributed by atoms with Gasteiger partial charge in [0.2, 0.25) is 0 Å². The molecule has 0 aromatic heterocycles. The fraction of sp³-hybridized carbons (Fsp3) is 1.00. The highest BCUT2D eigenvalue weighted by Gasteiger charge is 2.15. The number of hydrogen-bond donors (Lipinski definition) is 1. The molecular weight excluding hydrogens is 207 g/mol. The molecule has 0 aromatic rings. The Morgan fingerprint density at radius 3 is 2.08 bits per heavy atom. The molecule has 0 radical (unpaired) electrons. The van der Waals surface area contributed by atoms with E-state index in [0.717, 1.165) is 11.9 Å².